The molecular formula is C14H22F3IN4O2S. The number of nitrogens with zero attached hydrogens (tertiary/aromatic N) is 1. The predicted molar refractivity (Wildman–Crippen MR) is 102 cm³/mol. The second-order valence-electron chi connectivity index (χ2n) is 4.99. The molecule has 4 N–H and O–H groups in total. The van der Waals surface area contributed by atoms with Gasteiger partial charge in [-0.3, -0.25) is 4.99 Å². The van der Waals surface area contributed by atoms with Gasteiger partial charge in [0.1, 0.15) is 0 Å². The first-order valence-corrected chi connectivity index (χ1v) is 8.87. The lowest BCUT2D eigenvalue weighted by molar-refractivity contribution is -0.132. The summed E-state index contributed by atoms with van der Waals surface area (Å²) in [5.41, 5.74) is 0.862. The molecule has 0 heterocycles. The highest BCUT2D eigenvalue weighted by atomic mass is 127. The van der Waals surface area contributed by atoms with Crippen molar-refractivity contribution in [3.05, 3.63) is 29.8 Å². The summed E-state index contributed by atoms with van der Waals surface area (Å²) in [5.74, 6) is 0.308. The van der Waals surface area contributed by atoms with Gasteiger partial charge in [0.15, 0.2) is 5.96 Å². The maximum Gasteiger partial charge on any atom is 0.390 e. The van der Waals surface area contributed by atoms with Gasteiger partial charge in [-0.05, 0) is 31.0 Å². The van der Waals surface area contributed by atoms with Crippen LogP contribution in [0, 0.1) is 0 Å². The molecule has 0 spiro atoms. The monoisotopic (exact) mass is 494 g/mol. The molecule has 0 aromatic heterocycles. The molecule has 0 saturated heterocycles. The van der Waals surface area contributed by atoms with Crippen molar-refractivity contribution < 1.29 is 21.6 Å². The number of hydrogen-bond acceptors (Lipinski definition) is 3. The van der Waals surface area contributed by atoms with Gasteiger partial charge in [-0.15, -0.1) is 24.0 Å². The van der Waals surface area contributed by atoms with Crippen LogP contribution < -0.4 is 15.8 Å². The molecule has 0 aliphatic carbocycles. The molecule has 0 aliphatic rings. The molecule has 0 saturated carbocycles. The third kappa shape index (κ3) is 10.5. The number of benzene rings is 1. The minimum Gasteiger partial charge on any atom is -0.357 e. The number of nitrogens with one attached hydrogen (secondary N) is 2. The SMILES string of the molecule is CCNC(=NCCC(F)(F)F)NCCc1ccc(S(N)(=O)=O)cc1.I. The molecule has 1 rings (SSSR count). The van der Waals surface area contributed by atoms with E-state index in [0.717, 1.165) is 5.56 Å². The van der Waals surface area contributed by atoms with E-state index in [2.05, 4.69) is 15.6 Å². The molecule has 0 amide bonds. The lowest BCUT2D eigenvalue weighted by Crippen LogP contribution is -2.38. The van der Waals surface area contributed by atoms with Crippen molar-refractivity contribution >= 4 is 40.0 Å². The number of sulfonamides is 1. The summed E-state index contributed by atoms with van der Waals surface area (Å²) in [4.78, 5) is 3.88. The molecule has 0 radical (unpaired) electrons. The zero-order chi connectivity index (χ0) is 18.2. The van der Waals surface area contributed by atoms with E-state index in [0.29, 0.717) is 25.5 Å². The summed E-state index contributed by atoms with van der Waals surface area (Å²) in [6, 6.07) is 6.09. The Morgan fingerprint density at radius 1 is 1.20 bits per heavy atom. The van der Waals surface area contributed by atoms with Crippen LogP contribution >= 0.6 is 24.0 Å². The zero-order valence-electron chi connectivity index (χ0n) is 13.6. The van der Waals surface area contributed by atoms with E-state index >= 15 is 0 Å². The highest BCUT2D eigenvalue weighted by molar-refractivity contribution is 14.0. The summed E-state index contributed by atoms with van der Waals surface area (Å²) in [5, 5.41) is 10.8. The normalized spacial score (nSPS) is 12.4. The lowest BCUT2D eigenvalue weighted by Gasteiger charge is -2.12. The van der Waals surface area contributed by atoms with E-state index in [4.69, 9.17) is 5.14 Å². The van der Waals surface area contributed by atoms with Crippen molar-refractivity contribution in [2.24, 2.45) is 10.1 Å². The first kappa shape index (κ1) is 23.9. The predicted octanol–water partition coefficient (Wildman–Crippen LogP) is 2.00. The minimum atomic E-state index is -4.23. The van der Waals surface area contributed by atoms with E-state index in [-0.39, 0.29) is 35.4 Å². The third-order valence-corrected chi connectivity index (χ3v) is 3.90. The molecule has 25 heavy (non-hydrogen) atoms. The van der Waals surface area contributed by atoms with Crippen LogP contribution in [0.1, 0.15) is 18.9 Å². The van der Waals surface area contributed by atoms with Crippen molar-refractivity contribution in [1.82, 2.24) is 10.6 Å². The second kappa shape index (κ2) is 10.8. The van der Waals surface area contributed by atoms with Crippen LogP contribution in [0.3, 0.4) is 0 Å². The van der Waals surface area contributed by atoms with E-state index < -0.39 is 22.6 Å². The maximum atomic E-state index is 12.1. The number of halogens is 4. The molecule has 0 fully saturated rings. The van der Waals surface area contributed by atoms with Crippen molar-refractivity contribution in [3.8, 4) is 0 Å². The van der Waals surface area contributed by atoms with Crippen molar-refractivity contribution in [2.75, 3.05) is 19.6 Å². The fourth-order valence-electron chi connectivity index (χ4n) is 1.81. The van der Waals surface area contributed by atoms with Crippen LogP contribution in [0.2, 0.25) is 0 Å². The van der Waals surface area contributed by atoms with Gasteiger partial charge in [0.05, 0.1) is 17.9 Å². The van der Waals surface area contributed by atoms with Gasteiger partial charge in [0, 0.05) is 13.1 Å². The average Bonchev–Trinajstić information content (AvgIpc) is 2.45. The fourth-order valence-corrected chi connectivity index (χ4v) is 2.32. The Labute approximate surface area is 162 Å². The molecule has 144 valence electrons. The molecule has 6 nitrogen and oxygen atoms in total. The summed E-state index contributed by atoms with van der Waals surface area (Å²) in [6.07, 6.45) is -4.65. The number of alkyl halides is 3. The maximum absolute atomic E-state index is 12.1. The third-order valence-electron chi connectivity index (χ3n) is 2.97. The van der Waals surface area contributed by atoms with E-state index in [1.807, 2.05) is 6.92 Å². The van der Waals surface area contributed by atoms with Gasteiger partial charge in [-0.2, -0.15) is 13.2 Å². The molecule has 0 bridgehead atoms. The molecule has 0 aliphatic heterocycles. The van der Waals surface area contributed by atoms with Crippen LogP contribution in [-0.4, -0.2) is 40.2 Å². The van der Waals surface area contributed by atoms with Gasteiger partial charge >= 0.3 is 6.18 Å². The number of guanidine groups is 1. The molecule has 1 aromatic carbocycles. The van der Waals surface area contributed by atoms with Gasteiger partial charge in [-0.1, -0.05) is 12.1 Å². The Bertz CT molecular complexity index is 649. The van der Waals surface area contributed by atoms with Crippen LogP contribution in [0.4, 0.5) is 13.2 Å². The Kier molecular flexibility index (Phi) is 10.3. The first-order chi connectivity index (χ1) is 11.1. The highest BCUT2D eigenvalue weighted by Crippen LogP contribution is 2.18. The van der Waals surface area contributed by atoms with E-state index in [1.165, 1.54) is 12.1 Å². The molecule has 0 atom stereocenters. The van der Waals surface area contributed by atoms with Crippen molar-refractivity contribution in [3.63, 3.8) is 0 Å². The first-order valence-electron chi connectivity index (χ1n) is 7.32. The standard InChI is InChI=1S/C14H21F3N4O2S.HI/c1-2-19-13(21-10-8-14(15,16)17)20-9-7-11-3-5-12(6-4-11)24(18,22)23;/h3-6H,2,7-10H2,1H3,(H2,18,22,23)(H2,19,20,21);1H. The number of aliphatic imine (C=N–C) groups is 1. The Hall–Kier alpha value is -1.08. The molecule has 1 aromatic rings. The quantitative estimate of drug-likeness (QED) is 0.307. The zero-order valence-corrected chi connectivity index (χ0v) is 16.8. The molecule has 0 unspecified atom stereocenters. The summed E-state index contributed by atoms with van der Waals surface area (Å²) in [7, 11) is -3.72. The average molecular weight is 494 g/mol. The van der Waals surface area contributed by atoms with Crippen molar-refractivity contribution in [2.45, 2.75) is 30.8 Å². The number of rotatable bonds is 7. The van der Waals surface area contributed by atoms with Gasteiger partial charge in [0.25, 0.3) is 0 Å². The Balaban J connectivity index is 0.00000576. The summed E-state index contributed by atoms with van der Waals surface area (Å²) in [6.45, 7) is 2.43. The Morgan fingerprint density at radius 2 is 1.80 bits per heavy atom. The van der Waals surface area contributed by atoms with Gasteiger partial charge in [0.2, 0.25) is 10.0 Å². The fraction of sp³-hybridized carbons (Fsp3) is 0.500. The molecule has 11 heteroatoms. The second-order valence-corrected chi connectivity index (χ2v) is 6.55. The van der Waals surface area contributed by atoms with Gasteiger partial charge < -0.3 is 10.6 Å². The van der Waals surface area contributed by atoms with E-state index in [9.17, 15) is 21.6 Å². The van der Waals surface area contributed by atoms with Crippen LogP contribution in [0.15, 0.2) is 34.2 Å². The topological polar surface area (TPSA) is 96.6 Å². The lowest BCUT2D eigenvalue weighted by atomic mass is 10.1. The smallest absolute Gasteiger partial charge is 0.357 e. The Morgan fingerprint density at radius 3 is 2.28 bits per heavy atom. The number of hydrogen-bond donors (Lipinski definition) is 3. The molecular weight excluding hydrogens is 472 g/mol. The largest absolute Gasteiger partial charge is 0.390 e. The summed E-state index contributed by atoms with van der Waals surface area (Å²) >= 11 is 0. The van der Waals surface area contributed by atoms with Crippen molar-refractivity contribution in [1.29, 1.82) is 0 Å². The van der Waals surface area contributed by atoms with Crippen LogP contribution in [-0.2, 0) is 16.4 Å². The summed E-state index contributed by atoms with van der Waals surface area (Å²) < 4.78 is 58.7. The number of nitrogens with two attached hydrogens (primary N) is 1. The van der Waals surface area contributed by atoms with Gasteiger partial charge in [-0.25, -0.2) is 13.6 Å². The minimum absolute atomic E-state index is 0. The number of primary sulfonamides is 1. The van der Waals surface area contributed by atoms with Crippen LogP contribution in [0.25, 0.3) is 0 Å². The highest BCUT2D eigenvalue weighted by Gasteiger charge is 2.26. The van der Waals surface area contributed by atoms with E-state index in [1.54, 1.807) is 12.1 Å². The van der Waals surface area contributed by atoms with Crippen LogP contribution in [0.5, 0.6) is 0 Å².